The van der Waals surface area contributed by atoms with E-state index in [0.717, 1.165) is 79.0 Å². The number of methoxy groups -OCH3 is 1. The number of hydrogen-bond donors (Lipinski definition) is 8. The van der Waals surface area contributed by atoms with Gasteiger partial charge in [0, 0.05) is 69.2 Å². The molecule has 4 aromatic rings. The smallest absolute Gasteiger partial charge is 0.319 e. The van der Waals surface area contributed by atoms with Crippen molar-refractivity contribution in [2.75, 3.05) is 65.4 Å². The Labute approximate surface area is 452 Å². The molecule has 0 unspecified atom stereocenters. The highest BCUT2D eigenvalue weighted by Crippen LogP contribution is 2.35. The highest BCUT2D eigenvalue weighted by Gasteiger charge is 2.38. The second kappa shape index (κ2) is 28.9. The Morgan fingerprint density at radius 2 is 1.51 bits per heavy atom. The van der Waals surface area contributed by atoms with E-state index in [9.17, 15) is 38.4 Å². The Morgan fingerprint density at radius 3 is 2.24 bits per heavy atom. The van der Waals surface area contributed by atoms with Crippen LogP contribution in [0.3, 0.4) is 0 Å². The number of carbonyl (C=O) groups is 8. The van der Waals surface area contributed by atoms with E-state index in [0.29, 0.717) is 55.6 Å². The van der Waals surface area contributed by atoms with Gasteiger partial charge in [-0.25, -0.2) is 0 Å². The number of aromatic nitrogens is 4. The average molecular weight is 1080 g/mol. The van der Waals surface area contributed by atoms with Gasteiger partial charge < -0.3 is 51.8 Å². The molecule has 2 aliphatic heterocycles. The maximum Gasteiger partial charge on any atom is 0.319 e. The topological polar surface area (TPSA) is 323 Å². The fourth-order valence-electron chi connectivity index (χ4n) is 9.03. The second-order valence-corrected chi connectivity index (χ2v) is 19.6. The van der Waals surface area contributed by atoms with E-state index in [4.69, 9.17) is 19.9 Å². The number of rotatable bonds is 31. The lowest BCUT2D eigenvalue weighted by Crippen LogP contribution is -2.52. The molecule has 3 aliphatic rings. The number of benzene rings is 2. The predicted molar refractivity (Wildman–Crippen MR) is 285 cm³/mol. The van der Waals surface area contributed by atoms with Gasteiger partial charge in [-0.3, -0.25) is 53.3 Å². The minimum absolute atomic E-state index is 0.0275. The number of likely N-dealkylation sites (tertiary alicyclic amines) is 1. The van der Waals surface area contributed by atoms with E-state index in [2.05, 4.69) is 70.0 Å². The zero-order chi connectivity index (χ0) is 55.4. The summed E-state index contributed by atoms with van der Waals surface area (Å²) >= 11 is 0. The molecule has 7 rings (SSSR count). The Hall–Kier alpha value is -7.99. The number of H-pyrrole nitrogens is 1. The van der Waals surface area contributed by atoms with Gasteiger partial charge in [0.1, 0.15) is 35.7 Å². The number of aromatic amines is 1. The van der Waals surface area contributed by atoms with Crippen LogP contribution in [0.15, 0.2) is 60.7 Å². The monoisotopic (exact) mass is 1080 g/mol. The SMILES string of the molecule is CCCCOc1nc(N)c2[nH]nc(Cc3ccc(CN4CCC(NC(=O)[C@H](OCNC(=O)CNC(=O)[C@H](Cc5ccccc5)NC(=O)CNC(=O)CNC(=O)CCCCCN5C(=O)C=CC5=O)C5CC5)CC4)cc3OC)c2n1. The Bertz CT molecular complexity index is 2760. The number of nitrogen functional groups attached to an aromatic ring is 1. The first-order valence-electron chi connectivity index (χ1n) is 26.6. The van der Waals surface area contributed by atoms with Gasteiger partial charge >= 0.3 is 6.01 Å². The highest BCUT2D eigenvalue weighted by atomic mass is 16.5. The molecule has 0 bridgehead atoms. The third-order valence-corrected chi connectivity index (χ3v) is 13.5. The van der Waals surface area contributed by atoms with Gasteiger partial charge in [-0.1, -0.05) is 62.2 Å². The van der Waals surface area contributed by atoms with Crippen LogP contribution >= 0.6 is 0 Å². The van der Waals surface area contributed by atoms with Crippen LogP contribution < -0.4 is 47.1 Å². The van der Waals surface area contributed by atoms with E-state index in [1.165, 1.54) is 12.2 Å². The van der Waals surface area contributed by atoms with E-state index in [-0.39, 0.29) is 80.1 Å². The summed E-state index contributed by atoms with van der Waals surface area (Å²) in [5, 5.41) is 23.3. The van der Waals surface area contributed by atoms with Crippen LogP contribution in [-0.4, -0.2) is 155 Å². The van der Waals surface area contributed by atoms with Gasteiger partial charge in [-0.15, -0.1) is 0 Å². The van der Waals surface area contributed by atoms with Crippen molar-refractivity contribution in [1.29, 1.82) is 0 Å². The predicted octanol–water partition coefficient (Wildman–Crippen LogP) is 1.22. The summed E-state index contributed by atoms with van der Waals surface area (Å²) in [4.78, 5) is 113. The molecule has 4 heterocycles. The van der Waals surface area contributed by atoms with Crippen LogP contribution in [0.4, 0.5) is 5.82 Å². The number of fused-ring (bicyclic) bond motifs is 1. The zero-order valence-corrected chi connectivity index (χ0v) is 44.2. The second-order valence-electron chi connectivity index (χ2n) is 19.6. The lowest BCUT2D eigenvalue weighted by Gasteiger charge is -2.33. The average Bonchev–Trinajstić information content (AvgIpc) is 4.15. The normalized spacial score (nSPS) is 15.4. The van der Waals surface area contributed by atoms with Crippen molar-refractivity contribution in [3.8, 4) is 11.8 Å². The van der Waals surface area contributed by atoms with Crippen LogP contribution in [-0.2, 0) is 62.5 Å². The Morgan fingerprint density at radius 1 is 0.795 bits per heavy atom. The zero-order valence-electron chi connectivity index (χ0n) is 44.2. The molecule has 24 heteroatoms. The number of nitrogens with zero attached hydrogens (tertiary/aromatic N) is 5. The molecule has 1 aliphatic carbocycles. The van der Waals surface area contributed by atoms with Crippen LogP contribution in [0.1, 0.15) is 93.5 Å². The number of piperidine rings is 1. The summed E-state index contributed by atoms with van der Waals surface area (Å²) in [6.45, 7) is 3.53. The van der Waals surface area contributed by atoms with Gasteiger partial charge in [0.15, 0.2) is 5.82 Å². The van der Waals surface area contributed by atoms with Gasteiger partial charge in [-0.2, -0.15) is 15.1 Å². The summed E-state index contributed by atoms with van der Waals surface area (Å²) in [5.74, 6) is -2.79. The van der Waals surface area contributed by atoms with Crippen LogP contribution in [0.25, 0.3) is 11.0 Å². The molecule has 2 aromatic carbocycles. The largest absolute Gasteiger partial charge is 0.496 e. The van der Waals surface area contributed by atoms with Crippen molar-refractivity contribution in [3.63, 3.8) is 0 Å². The number of anilines is 1. The highest BCUT2D eigenvalue weighted by molar-refractivity contribution is 6.12. The summed E-state index contributed by atoms with van der Waals surface area (Å²) in [7, 11) is 1.64. The fraction of sp³-hybridized carbons (Fsp3) is 0.500. The molecule has 2 aromatic heterocycles. The molecule has 8 amide bonds. The molecule has 2 fully saturated rings. The maximum absolute atomic E-state index is 13.5. The van der Waals surface area contributed by atoms with Crippen LogP contribution in [0, 0.1) is 5.92 Å². The van der Waals surface area contributed by atoms with E-state index in [1.807, 2.05) is 12.1 Å². The van der Waals surface area contributed by atoms with Crippen molar-refractivity contribution >= 4 is 64.1 Å². The lowest BCUT2D eigenvalue weighted by molar-refractivity contribution is -0.138. The number of ether oxygens (including phenoxy) is 3. The molecule has 0 radical (unpaired) electrons. The minimum atomic E-state index is -1.10. The molecule has 2 atom stereocenters. The van der Waals surface area contributed by atoms with Crippen LogP contribution in [0.2, 0.25) is 0 Å². The summed E-state index contributed by atoms with van der Waals surface area (Å²) < 4.78 is 17.5. The Balaban J connectivity index is 0.789. The third-order valence-electron chi connectivity index (χ3n) is 13.5. The first-order valence-corrected chi connectivity index (χ1v) is 26.6. The summed E-state index contributed by atoms with van der Waals surface area (Å²) in [6.07, 6.45) is 8.97. The van der Waals surface area contributed by atoms with Gasteiger partial charge in [0.2, 0.25) is 35.4 Å². The lowest BCUT2D eigenvalue weighted by atomic mass is 10.0. The maximum atomic E-state index is 13.5. The van der Waals surface area contributed by atoms with Crippen molar-refractivity contribution in [1.82, 2.24) is 61.9 Å². The van der Waals surface area contributed by atoms with Crippen molar-refractivity contribution < 1.29 is 52.6 Å². The number of hydrogen-bond acceptors (Lipinski definition) is 16. The van der Waals surface area contributed by atoms with Crippen LogP contribution in [0.5, 0.6) is 11.8 Å². The first kappa shape index (κ1) is 57.7. The van der Waals surface area contributed by atoms with Gasteiger partial charge in [0.25, 0.3) is 11.8 Å². The molecular formula is C54H71N13O11. The molecule has 78 heavy (non-hydrogen) atoms. The molecule has 1 saturated heterocycles. The van der Waals surface area contributed by atoms with Crippen molar-refractivity contribution in [2.24, 2.45) is 5.92 Å². The van der Waals surface area contributed by atoms with E-state index < -0.39 is 48.9 Å². The quantitative estimate of drug-likeness (QED) is 0.0200. The molecule has 9 N–H and O–H groups in total. The van der Waals surface area contributed by atoms with Crippen molar-refractivity contribution in [3.05, 3.63) is 83.1 Å². The number of imide groups is 1. The standard InChI is InChI=1S/C54H71N13O11/c1-3-4-25-77-54-62-48-39(64-65-49(48)51(55)63-54)28-37-15-14-35(27-41(37)76-2)32-66-23-20-38(21-24-66)60-53(75)50(36-16-17-36)78-33-59-44(70)30-58-52(74)40(26-34-11-7-5-8-12-34)61-45(71)31-57-43(69)29-56-42(68)13-9-6-10-22-67-46(72)18-19-47(67)73/h5,7-8,11-12,14-15,18-19,27,36,38,40,50H,3-4,6,9-10,13,16-17,20-26,28-33H2,1-2H3,(H,56,68)(H,57,69)(H,58,74)(H,59,70)(H,60,75)(H,61,71)(H,64,65)(H2,55,62,63)/t40-,50+/m0/s1. The summed E-state index contributed by atoms with van der Waals surface area (Å²) in [6, 6.07) is 14.2. The number of amides is 8. The van der Waals surface area contributed by atoms with Gasteiger partial charge in [-0.05, 0) is 68.1 Å². The van der Waals surface area contributed by atoms with Gasteiger partial charge in [0.05, 0.1) is 39.0 Å². The molecule has 418 valence electrons. The minimum Gasteiger partial charge on any atom is -0.496 e. The number of carbonyl (C=O) groups excluding carboxylic acids is 8. The Kier molecular flexibility index (Phi) is 21.4. The van der Waals surface area contributed by atoms with E-state index in [1.54, 1.807) is 37.4 Å². The van der Waals surface area contributed by atoms with E-state index >= 15 is 0 Å². The molecular weight excluding hydrogens is 1010 g/mol. The molecule has 0 spiro atoms. The molecule has 1 saturated carbocycles. The number of unbranched alkanes of at least 4 members (excludes halogenated alkanes) is 3. The first-order chi connectivity index (χ1) is 37.8. The molecule has 24 nitrogen and oxygen atoms in total. The van der Waals surface area contributed by atoms with Crippen molar-refractivity contribution in [2.45, 2.75) is 109 Å². The fourth-order valence-corrected chi connectivity index (χ4v) is 9.03. The number of nitrogens with two attached hydrogens (primary N) is 1. The number of nitrogens with one attached hydrogen (secondary N) is 7. The summed E-state index contributed by atoms with van der Waals surface area (Å²) in [5.41, 5.74) is 10.8. The third kappa shape index (κ3) is 17.5.